The third kappa shape index (κ3) is 4.10. The summed E-state index contributed by atoms with van der Waals surface area (Å²) in [6.07, 6.45) is -7.00. The number of alkyl halides is 9. The second kappa shape index (κ2) is 7.84. The second-order valence-electron chi connectivity index (χ2n) is 6.30. The molecule has 30 heavy (non-hydrogen) atoms. The Labute approximate surface area is 164 Å². The Balaban J connectivity index is 2.29. The molecule has 0 bridgehead atoms. The van der Waals surface area contributed by atoms with Gasteiger partial charge < -0.3 is 4.74 Å². The van der Waals surface area contributed by atoms with Gasteiger partial charge in [0, 0.05) is 5.56 Å². The Morgan fingerprint density at radius 2 is 1.40 bits per heavy atom. The first-order valence-electron chi connectivity index (χ1n) is 8.15. The molecule has 0 N–H and O–H groups in total. The summed E-state index contributed by atoms with van der Waals surface area (Å²) in [5, 5.41) is 0. The van der Waals surface area contributed by atoms with Crippen molar-refractivity contribution in [3.05, 3.63) is 65.2 Å². The second-order valence-corrected chi connectivity index (χ2v) is 6.30. The van der Waals surface area contributed by atoms with Crippen LogP contribution in [0.5, 0.6) is 5.75 Å². The molecule has 0 fully saturated rings. The molecule has 2 rings (SSSR count). The normalized spacial score (nSPS) is 13.3. The van der Waals surface area contributed by atoms with Crippen LogP contribution in [0.2, 0.25) is 0 Å². The fourth-order valence-electron chi connectivity index (χ4n) is 2.41. The Hall–Kier alpha value is -2.72. The maximum absolute atomic E-state index is 13.8. The van der Waals surface area contributed by atoms with Crippen molar-refractivity contribution in [1.82, 2.24) is 0 Å². The largest absolute Gasteiger partial charge is 0.489 e. The smallest absolute Gasteiger partial charge is 0.460 e. The zero-order valence-corrected chi connectivity index (χ0v) is 15.0. The molecule has 0 spiro atoms. The van der Waals surface area contributed by atoms with E-state index in [1.807, 2.05) is 0 Å². The lowest BCUT2D eigenvalue weighted by Crippen LogP contribution is -2.63. The van der Waals surface area contributed by atoms with E-state index in [0.29, 0.717) is 6.07 Å². The number of rotatable bonds is 7. The maximum atomic E-state index is 13.8. The van der Waals surface area contributed by atoms with E-state index in [1.165, 1.54) is 0 Å². The van der Waals surface area contributed by atoms with E-state index < -0.39 is 35.3 Å². The molecule has 0 amide bonds. The molecule has 0 heterocycles. The third-order valence-electron chi connectivity index (χ3n) is 4.12. The first kappa shape index (κ1) is 23.6. The SMILES string of the molecule is Cc1cc(OCc2ccccc2)ccc1C(=O)C(F)(F)C(F)(F)C(F)(F)C(F)(F)F. The minimum atomic E-state index is -7.13. The highest BCUT2D eigenvalue weighted by Crippen LogP contribution is 2.53. The molecule has 0 unspecified atom stereocenters. The van der Waals surface area contributed by atoms with Crippen molar-refractivity contribution in [3.8, 4) is 5.75 Å². The van der Waals surface area contributed by atoms with Gasteiger partial charge in [-0.25, -0.2) is 0 Å². The lowest BCUT2D eigenvalue weighted by molar-refractivity contribution is -0.386. The van der Waals surface area contributed by atoms with Crippen LogP contribution in [0.15, 0.2) is 48.5 Å². The van der Waals surface area contributed by atoms with Crippen LogP contribution in [0.25, 0.3) is 0 Å². The van der Waals surface area contributed by atoms with Crippen LogP contribution in [-0.4, -0.2) is 29.7 Å². The topological polar surface area (TPSA) is 26.3 Å². The van der Waals surface area contributed by atoms with Crippen molar-refractivity contribution in [3.63, 3.8) is 0 Å². The Kier molecular flexibility index (Phi) is 6.16. The lowest BCUT2D eigenvalue weighted by atomic mass is 9.93. The van der Waals surface area contributed by atoms with E-state index >= 15 is 0 Å². The molecule has 2 aromatic rings. The molecule has 0 radical (unpaired) electrons. The van der Waals surface area contributed by atoms with E-state index in [0.717, 1.165) is 24.6 Å². The van der Waals surface area contributed by atoms with Crippen molar-refractivity contribution in [1.29, 1.82) is 0 Å². The molecule has 2 nitrogen and oxygen atoms in total. The number of carbonyl (C=O) groups is 1. The summed E-state index contributed by atoms with van der Waals surface area (Å²) in [5.74, 6) is -23.3. The number of hydrogen-bond acceptors (Lipinski definition) is 2. The van der Waals surface area contributed by atoms with Gasteiger partial charge in [0.15, 0.2) is 0 Å². The van der Waals surface area contributed by atoms with E-state index in [-0.39, 0.29) is 17.9 Å². The minimum absolute atomic E-state index is 0.0274. The number of benzene rings is 2. The predicted molar refractivity (Wildman–Crippen MR) is 87.2 cm³/mol. The van der Waals surface area contributed by atoms with E-state index in [4.69, 9.17) is 4.74 Å². The van der Waals surface area contributed by atoms with Crippen LogP contribution < -0.4 is 4.74 Å². The van der Waals surface area contributed by atoms with Gasteiger partial charge in [-0.15, -0.1) is 0 Å². The lowest BCUT2D eigenvalue weighted by Gasteiger charge is -2.33. The van der Waals surface area contributed by atoms with Gasteiger partial charge in [0.1, 0.15) is 12.4 Å². The molecule has 0 atom stereocenters. The van der Waals surface area contributed by atoms with Gasteiger partial charge in [-0.3, -0.25) is 4.79 Å². The first-order valence-corrected chi connectivity index (χ1v) is 8.15. The molecular formula is C19H13F9O2. The summed E-state index contributed by atoms with van der Waals surface area (Å²) in [6.45, 7) is 1.04. The van der Waals surface area contributed by atoms with Gasteiger partial charge in [0.05, 0.1) is 0 Å². The number of ether oxygens (including phenoxy) is 1. The summed E-state index contributed by atoms with van der Waals surface area (Å²) >= 11 is 0. The minimum Gasteiger partial charge on any atom is -0.489 e. The molecule has 0 aliphatic rings. The molecule has 2 aromatic carbocycles. The Morgan fingerprint density at radius 3 is 1.90 bits per heavy atom. The molecule has 0 saturated carbocycles. The van der Waals surface area contributed by atoms with Crippen LogP contribution in [0.4, 0.5) is 39.5 Å². The molecule has 0 aromatic heterocycles. The van der Waals surface area contributed by atoms with E-state index in [9.17, 15) is 44.3 Å². The monoisotopic (exact) mass is 444 g/mol. The molecular weight excluding hydrogens is 431 g/mol. The van der Waals surface area contributed by atoms with Crippen LogP contribution in [0.3, 0.4) is 0 Å². The average Bonchev–Trinajstić information content (AvgIpc) is 2.65. The molecule has 0 aliphatic heterocycles. The summed E-state index contributed by atoms with van der Waals surface area (Å²) in [4.78, 5) is 11.8. The van der Waals surface area contributed by atoms with Crippen molar-refractivity contribution >= 4 is 5.78 Å². The summed E-state index contributed by atoms with van der Waals surface area (Å²) in [5.41, 5.74) is -0.808. The Morgan fingerprint density at radius 1 is 0.833 bits per heavy atom. The number of hydrogen-bond donors (Lipinski definition) is 0. The van der Waals surface area contributed by atoms with Gasteiger partial charge in [0.25, 0.3) is 0 Å². The first-order chi connectivity index (χ1) is 13.6. The number of ketones is 1. The van der Waals surface area contributed by atoms with Crippen molar-refractivity contribution in [2.45, 2.75) is 37.5 Å². The van der Waals surface area contributed by atoms with Crippen molar-refractivity contribution in [2.24, 2.45) is 0 Å². The highest BCUT2D eigenvalue weighted by atomic mass is 19.4. The maximum Gasteiger partial charge on any atom is 0.460 e. The Bertz CT molecular complexity index is 906. The number of aryl methyl sites for hydroxylation is 1. The zero-order valence-electron chi connectivity index (χ0n) is 15.0. The van der Waals surface area contributed by atoms with E-state index in [1.54, 1.807) is 30.3 Å². The quantitative estimate of drug-likeness (QED) is 0.374. The summed E-state index contributed by atoms with van der Waals surface area (Å²) in [7, 11) is 0. The van der Waals surface area contributed by atoms with E-state index in [2.05, 4.69) is 0 Å². The third-order valence-corrected chi connectivity index (χ3v) is 4.12. The van der Waals surface area contributed by atoms with Crippen LogP contribution >= 0.6 is 0 Å². The van der Waals surface area contributed by atoms with Crippen LogP contribution in [-0.2, 0) is 6.61 Å². The van der Waals surface area contributed by atoms with Crippen molar-refractivity contribution in [2.75, 3.05) is 0 Å². The van der Waals surface area contributed by atoms with Gasteiger partial charge in [-0.2, -0.15) is 39.5 Å². The van der Waals surface area contributed by atoms with Gasteiger partial charge >= 0.3 is 23.9 Å². The average molecular weight is 444 g/mol. The van der Waals surface area contributed by atoms with Crippen LogP contribution in [0, 0.1) is 6.92 Å². The summed E-state index contributed by atoms with van der Waals surface area (Å²) in [6, 6.07) is 11.1. The number of halogens is 9. The number of Topliss-reactive ketones (excluding diaryl/α,β-unsaturated/α-hetero) is 1. The van der Waals surface area contributed by atoms with Gasteiger partial charge in [0.2, 0.25) is 5.78 Å². The zero-order chi connectivity index (χ0) is 23.0. The molecule has 164 valence electrons. The summed E-state index contributed by atoms with van der Waals surface area (Å²) < 4.78 is 122. The van der Waals surface area contributed by atoms with Crippen LogP contribution in [0.1, 0.15) is 21.5 Å². The fourth-order valence-corrected chi connectivity index (χ4v) is 2.41. The standard InChI is InChI=1S/C19H13F9O2/c1-11-9-13(30-10-12-5-3-2-4-6-12)7-8-14(11)15(29)16(20,21)17(22,23)18(24,25)19(26,27)28/h2-9H,10H2,1H3. The highest BCUT2D eigenvalue weighted by Gasteiger charge is 2.83. The number of carbonyl (C=O) groups excluding carboxylic acids is 1. The molecule has 0 aliphatic carbocycles. The molecule has 0 saturated heterocycles. The highest BCUT2D eigenvalue weighted by molar-refractivity contribution is 6.03. The predicted octanol–water partition coefficient (Wildman–Crippen LogP) is 6.22. The van der Waals surface area contributed by atoms with Gasteiger partial charge in [-0.05, 0) is 36.2 Å². The molecule has 11 heteroatoms. The fraction of sp³-hybridized carbons (Fsp3) is 0.316. The van der Waals surface area contributed by atoms with Gasteiger partial charge in [-0.1, -0.05) is 30.3 Å². The van der Waals surface area contributed by atoms with Crippen molar-refractivity contribution < 1.29 is 49.0 Å².